The predicted octanol–water partition coefficient (Wildman–Crippen LogP) is 2.87. The molecule has 2 amide bonds. The maximum Gasteiger partial charge on any atom is 0.317 e. The van der Waals surface area contributed by atoms with Crippen LogP contribution in [-0.2, 0) is 0 Å². The quantitative estimate of drug-likeness (QED) is 0.575. The highest BCUT2D eigenvalue weighted by molar-refractivity contribution is 5.75. The Morgan fingerprint density at radius 1 is 1.21 bits per heavy atom. The van der Waals surface area contributed by atoms with Gasteiger partial charge in [0.1, 0.15) is 0 Å². The van der Waals surface area contributed by atoms with Crippen molar-refractivity contribution in [3.05, 3.63) is 0 Å². The molecule has 0 heterocycles. The number of carbonyl (C=O) groups is 1. The van der Waals surface area contributed by atoms with Crippen LogP contribution in [0, 0.1) is 0 Å². The molecular weight excluding hydrogens is 238 g/mol. The fraction of sp³-hybridized carbons (Fsp3) is 0.933. The first-order valence-electron chi connectivity index (χ1n) is 7.95. The normalized spacial score (nSPS) is 18.7. The Bertz CT molecular complexity index is 260. The molecule has 0 unspecified atom stereocenters. The first-order chi connectivity index (χ1) is 9.20. The minimum Gasteiger partial charge on any atom is -0.338 e. The third-order valence-electron chi connectivity index (χ3n) is 4.35. The van der Waals surface area contributed by atoms with E-state index in [1.54, 1.807) is 0 Å². The molecule has 0 aromatic carbocycles. The van der Waals surface area contributed by atoms with Gasteiger partial charge in [-0.25, -0.2) is 4.79 Å². The molecule has 1 fully saturated rings. The van der Waals surface area contributed by atoms with Crippen molar-refractivity contribution in [2.75, 3.05) is 19.6 Å². The van der Waals surface area contributed by atoms with Crippen molar-refractivity contribution in [1.29, 1.82) is 0 Å². The molecule has 19 heavy (non-hydrogen) atoms. The van der Waals surface area contributed by atoms with Crippen LogP contribution in [0.1, 0.15) is 65.2 Å². The SMILES string of the molecule is CCCCNC(=O)N(CC)C1(CN)CCCCCC1. The van der Waals surface area contributed by atoms with Gasteiger partial charge < -0.3 is 16.0 Å². The smallest absolute Gasteiger partial charge is 0.317 e. The summed E-state index contributed by atoms with van der Waals surface area (Å²) in [6.07, 6.45) is 9.18. The number of hydrogen-bond acceptors (Lipinski definition) is 2. The number of unbranched alkanes of at least 4 members (excludes halogenated alkanes) is 1. The molecule has 1 aliphatic rings. The van der Waals surface area contributed by atoms with Gasteiger partial charge in [-0.15, -0.1) is 0 Å². The van der Waals surface area contributed by atoms with E-state index >= 15 is 0 Å². The summed E-state index contributed by atoms with van der Waals surface area (Å²) in [5, 5.41) is 3.04. The molecule has 0 atom stereocenters. The number of urea groups is 1. The fourth-order valence-corrected chi connectivity index (χ4v) is 3.13. The van der Waals surface area contributed by atoms with E-state index in [0.29, 0.717) is 6.54 Å². The highest BCUT2D eigenvalue weighted by Crippen LogP contribution is 2.31. The largest absolute Gasteiger partial charge is 0.338 e. The maximum atomic E-state index is 12.4. The van der Waals surface area contributed by atoms with Gasteiger partial charge in [-0.3, -0.25) is 0 Å². The highest BCUT2D eigenvalue weighted by Gasteiger charge is 2.37. The summed E-state index contributed by atoms with van der Waals surface area (Å²) in [6, 6.07) is 0.0725. The van der Waals surface area contributed by atoms with Gasteiger partial charge in [-0.05, 0) is 26.2 Å². The topological polar surface area (TPSA) is 58.4 Å². The average molecular weight is 269 g/mol. The van der Waals surface area contributed by atoms with Crippen LogP contribution in [0.2, 0.25) is 0 Å². The molecule has 4 heteroatoms. The Labute approximate surface area is 118 Å². The van der Waals surface area contributed by atoms with Crippen LogP contribution < -0.4 is 11.1 Å². The van der Waals surface area contributed by atoms with Crippen LogP contribution in [0.25, 0.3) is 0 Å². The van der Waals surface area contributed by atoms with Gasteiger partial charge in [-0.2, -0.15) is 0 Å². The van der Waals surface area contributed by atoms with Gasteiger partial charge in [0.2, 0.25) is 0 Å². The maximum absolute atomic E-state index is 12.4. The number of carbonyl (C=O) groups excluding carboxylic acids is 1. The second-order valence-electron chi connectivity index (χ2n) is 5.67. The summed E-state index contributed by atoms with van der Waals surface area (Å²) in [4.78, 5) is 14.4. The van der Waals surface area contributed by atoms with Crippen molar-refractivity contribution in [1.82, 2.24) is 10.2 Å². The van der Waals surface area contributed by atoms with Crippen molar-refractivity contribution >= 4 is 6.03 Å². The standard InChI is InChI=1S/C15H31N3O/c1-3-5-12-17-14(19)18(4-2)15(13-16)10-8-6-7-9-11-15/h3-13,16H2,1-2H3,(H,17,19). The summed E-state index contributed by atoms with van der Waals surface area (Å²) in [5.74, 6) is 0. The summed E-state index contributed by atoms with van der Waals surface area (Å²) < 4.78 is 0. The van der Waals surface area contributed by atoms with Crippen molar-refractivity contribution in [3.63, 3.8) is 0 Å². The van der Waals surface area contributed by atoms with E-state index in [4.69, 9.17) is 5.73 Å². The Kier molecular flexibility index (Phi) is 7.21. The lowest BCUT2D eigenvalue weighted by Crippen LogP contribution is -2.58. The van der Waals surface area contributed by atoms with Crippen molar-refractivity contribution in [3.8, 4) is 0 Å². The van der Waals surface area contributed by atoms with E-state index in [9.17, 15) is 4.79 Å². The molecule has 0 bridgehead atoms. The number of rotatable bonds is 6. The van der Waals surface area contributed by atoms with Gasteiger partial charge >= 0.3 is 6.03 Å². The van der Waals surface area contributed by atoms with E-state index in [2.05, 4.69) is 19.2 Å². The molecule has 1 aliphatic carbocycles. The molecule has 0 aromatic heterocycles. The number of nitrogens with one attached hydrogen (secondary N) is 1. The van der Waals surface area contributed by atoms with Gasteiger partial charge in [0.05, 0.1) is 5.54 Å². The van der Waals surface area contributed by atoms with Crippen LogP contribution in [0.3, 0.4) is 0 Å². The lowest BCUT2D eigenvalue weighted by molar-refractivity contribution is 0.107. The summed E-state index contributed by atoms with van der Waals surface area (Å²) in [5.41, 5.74) is 5.95. The molecular formula is C15H31N3O. The first-order valence-corrected chi connectivity index (χ1v) is 7.95. The highest BCUT2D eigenvalue weighted by atomic mass is 16.2. The van der Waals surface area contributed by atoms with E-state index < -0.39 is 0 Å². The zero-order valence-electron chi connectivity index (χ0n) is 12.7. The molecule has 4 nitrogen and oxygen atoms in total. The second-order valence-corrected chi connectivity index (χ2v) is 5.67. The zero-order chi connectivity index (χ0) is 14.1. The Morgan fingerprint density at radius 2 is 1.84 bits per heavy atom. The Hall–Kier alpha value is -0.770. The van der Waals surface area contributed by atoms with E-state index in [1.807, 2.05) is 4.90 Å². The van der Waals surface area contributed by atoms with Crippen LogP contribution in [0.15, 0.2) is 0 Å². The molecule has 112 valence electrons. The zero-order valence-corrected chi connectivity index (χ0v) is 12.7. The van der Waals surface area contributed by atoms with Crippen LogP contribution in [0.5, 0.6) is 0 Å². The molecule has 0 aromatic rings. The summed E-state index contributed by atoms with van der Waals surface area (Å²) >= 11 is 0. The third kappa shape index (κ3) is 4.37. The van der Waals surface area contributed by atoms with Crippen LogP contribution in [0.4, 0.5) is 4.79 Å². The number of nitrogens with two attached hydrogens (primary N) is 1. The van der Waals surface area contributed by atoms with Crippen LogP contribution >= 0.6 is 0 Å². The molecule has 1 rings (SSSR count). The molecule has 1 saturated carbocycles. The minimum absolute atomic E-state index is 0.0725. The van der Waals surface area contributed by atoms with Gasteiger partial charge in [0.15, 0.2) is 0 Å². The molecule has 0 aliphatic heterocycles. The van der Waals surface area contributed by atoms with E-state index in [-0.39, 0.29) is 11.6 Å². The number of amides is 2. The van der Waals surface area contributed by atoms with Gasteiger partial charge in [-0.1, -0.05) is 39.0 Å². The number of nitrogens with zero attached hydrogens (tertiary/aromatic N) is 1. The van der Waals surface area contributed by atoms with Crippen molar-refractivity contribution in [2.24, 2.45) is 5.73 Å². The predicted molar refractivity (Wildman–Crippen MR) is 80.2 cm³/mol. The second kappa shape index (κ2) is 8.41. The van der Waals surface area contributed by atoms with Crippen LogP contribution in [-0.4, -0.2) is 36.1 Å². The summed E-state index contributed by atoms with van der Waals surface area (Å²) in [7, 11) is 0. The third-order valence-corrected chi connectivity index (χ3v) is 4.35. The minimum atomic E-state index is -0.110. The lowest BCUT2D eigenvalue weighted by Gasteiger charge is -2.42. The fourth-order valence-electron chi connectivity index (χ4n) is 3.13. The Balaban J connectivity index is 2.70. The summed E-state index contributed by atoms with van der Waals surface area (Å²) in [6.45, 7) is 6.29. The molecule has 3 N–H and O–H groups in total. The molecule has 0 saturated heterocycles. The average Bonchev–Trinajstić information content (AvgIpc) is 2.66. The van der Waals surface area contributed by atoms with Gasteiger partial charge in [0, 0.05) is 19.6 Å². The first kappa shape index (κ1) is 16.3. The van der Waals surface area contributed by atoms with Crippen molar-refractivity contribution in [2.45, 2.75) is 70.8 Å². The number of likely N-dealkylation sites (N-methyl/N-ethyl adjacent to an activating group) is 1. The van der Waals surface area contributed by atoms with E-state index in [0.717, 1.165) is 38.8 Å². The monoisotopic (exact) mass is 269 g/mol. The number of hydrogen-bond donors (Lipinski definition) is 2. The van der Waals surface area contributed by atoms with E-state index in [1.165, 1.54) is 25.7 Å². The molecule has 0 radical (unpaired) electrons. The lowest BCUT2D eigenvalue weighted by atomic mass is 9.88. The Morgan fingerprint density at radius 3 is 2.32 bits per heavy atom. The molecule has 0 spiro atoms. The van der Waals surface area contributed by atoms with Gasteiger partial charge in [0.25, 0.3) is 0 Å². The van der Waals surface area contributed by atoms with Crippen molar-refractivity contribution < 1.29 is 4.79 Å².